The number of nitrogens with one attached hydrogen (secondary N) is 1. The summed E-state index contributed by atoms with van der Waals surface area (Å²) < 4.78 is 2.49. The Labute approximate surface area is 151 Å². The van der Waals surface area contributed by atoms with Crippen LogP contribution in [-0.2, 0) is 4.79 Å². The van der Waals surface area contributed by atoms with E-state index in [1.54, 1.807) is 18.2 Å². The predicted molar refractivity (Wildman–Crippen MR) is 97.0 cm³/mol. The Kier molecular flexibility index (Phi) is 6.16. The van der Waals surface area contributed by atoms with Crippen LogP contribution >= 0.6 is 59.6 Å². The van der Waals surface area contributed by atoms with Gasteiger partial charge in [0.25, 0.3) is 0 Å². The van der Waals surface area contributed by atoms with Gasteiger partial charge in [-0.15, -0.1) is 11.8 Å². The summed E-state index contributed by atoms with van der Waals surface area (Å²) in [5, 5.41) is 12.2. The van der Waals surface area contributed by atoms with Crippen LogP contribution in [0.25, 0.3) is 0 Å². The first-order valence-corrected chi connectivity index (χ1v) is 9.18. The normalized spacial score (nSPS) is 10.4. The fourth-order valence-corrected chi connectivity index (χ4v) is 4.77. The van der Waals surface area contributed by atoms with E-state index in [-0.39, 0.29) is 17.4 Å². The summed E-state index contributed by atoms with van der Waals surface area (Å²) in [6, 6.07) is 10.6. The molecule has 0 heterocycles. The Morgan fingerprint density at radius 2 is 1.81 bits per heavy atom. The summed E-state index contributed by atoms with van der Waals surface area (Å²) in [7, 11) is 0. The van der Waals surface area contributed by atoms with Crippen molar-refractivity contribution in [3.8, 4) is 5.75 Å². The lowest BCUT2D eigenvalue weighted by Gasteiger charge is -2.10. The molecule has 0 spiro atoms. The lowest BCUT2D eigenvalue weighted by molar-refractivity contribution is -0.113. The van der Waals surface area contributed by atoms with Crippen LogP contribution in [0.5, 0.6) is 5.75 Å². The molecule has 0 fully saturated rings. The van der Waals surface area contributed by atoms with E-state index in [0.717, 1.165) is 18.3 Å². The van der Waals surface area contributed by atoms with Gasteiger partial charge in [-0.3, -0.25) is 4.79 Å². The molecule has 1 amide bonds. The number of hydrogen-bond acceptors (Lipinski definition) is 3. The summed E-state index contributed by atoms with van der Waals surface area (Å²) in [5.74, 6) is 0.337. The Morgan fingerprint density at radius 1 is 1.14 bits per heavy atom. The Balaban J connectivity index is 1.99. The zero-order valence-electron chi connectivity index (χ0n) is 10.6. The average molecular weight is 496 g/mol. The molecule has 2 N–H and O–H groups in total. The molecule has 0 aliphatic rings. The maximum absolute atomic E-state index is 12.0. The number of halogens is 3. The quantitative estimate of drug-likeness (QED) is 0.557. The number of carbonyl (C=O) groups excluding carboxylic acids is 1. The van der Waals surface area contributed by atoms with Crippen LogP contribution in [0.4, 0.5) is 5.69 Å². The van der Waals surface area contributed by atoms with Crippen LogP contribution in [0.3, 0.4) is 0 Å². The van der Waals surface area contributed by atoms with Crippen LogP contribution in [-0.4, -0.2) is 16.8 Å². The standard InChI is InChI=1S/C14H10Br3NO2S/c15-8-4-11(16)14(12(17)5-8)18-13(20)7-21-10-3-1-2-9(19)6-10/h1-6,19H,7H2,(H,18,20). The van der Waals surface area contributed by atoms with Crippen LogP contribution in [0.15, 0.2) is 54.7 Å². The summed E-state index contributed by atoms with van der Waals surface area (Å²) in [5.41, 5.74) is 0.694. The van der Waals surface area contributed by atoms with Crippen molar-refractivity contribution in [1.29, 1.82) is 0 Å². The molecule has 110 valence electrons. The molecule has 2 aromatic carbocycles. The number of hydrogen-bond donors (Lipinski definition) is 2. The molecule has 3 nitrogen and oxygen atoms in total. The Bertz CT molecular complexity index is 656. The van der Waals surface area contributed by atoms with Gasteiger partial charge in [-0.25, -0.2) is 0 Å². The van der Waals surface area contributed by atoms with Gasteiger partial charge in [0.2, 0.25) is 5.91 Å². The van der Waals surface area contributed by atoms with Crippen molar-refractivity contribution in [3.63, 3.8) is 0 Å². The second-order valence-electron chi connectivity index (χ2n) is 4.08. The first kappa shape index (κ1) is 16.9. The monoisotopic (exact) mass is 493 g/mol. The minimum atomic E-state index is -0.118. The maximum atomic E-state index is 12.0. The highest BCUT2D eigenvalue weighted by atomic mass is 79.9. The van der Waals surface area contributed by atoms with E-state index >= 15 is 0 Å². The highest BCUT2D eigenvalue weighted by Crippen LogP contribution is 2.34. The molecule has 2 rings (SSSR count). The second kappa shape index (κ2) is 7.67. The van der Waals surface area contributed by atoms with Crippen molar-refractivity contribution in [2.75, 3.05) is 11.1 Å². The highest BCUT2D eigenvalue weighted by Gasteiger charge is 2.11. The molecule has 2 aromatic rings. The van der Waals surface area contributed by atoms with E-state index in [2.05, 4.69) is 53.1 Å². The third kappa shape index (κ3) is 5.02. The number of aromatic hydroxyl groups is 1. The van der Waals surface area contributed by atoms with E-state index in [1.807, 2.05) is 18.2 Å². The topological polar surface area (TPSA) is 49.3 Å². The number of thioether (sulfide) groups is 1. The van der Waals surface area contributed by atoms with E-state index in [4.69, 9.17) is 0 Å². The van der Waals surface area contributed by atoms with Gasteiger partial charge >= 0.3 is 0 Å². The van der Waals surface area contributed by atoms with Crippen LogP contribution in [0.2, 0.25) is 0 Å². The van der Waals surface area contributed by atoms with Crippen molar-refractivity contribution >= 4 is 71.1 Å². The molecule has 0 unspecified atom stereocenters. The highest BCUT2D eigenvalue weighted by molar-refractivity contribution is 9.11. The summed E-state index contributed by atoms with van der Waals surface area (Å²) in [4.78, 5) is 12.9. The van der Waals surface area contributed by atoms with Crippen molar-refractivity contribution in [3.05, 3.63) is 49.8 Å². The molecule has 0 bridgehead atoms. The molecule has 0 aromatic heterocycles. The largest absolute Gasteiger partial charge is 0.508 e. The van der Waals surface area contributed by atoms with E-state index < -0.39 is 0 Å². The van der Waals surface area contributed by atoms with Crippen LogP contribution in [0, 0.1) is 0 Å². The Hall–Kier alpha value is -0.500. The first-order valence-electron chi connectivity index (χ1n) is 5.82. The van der Waals surface area contributed by atoms with E-state index in [1.165, 1.54) is 11.8 Å². The number of amides is 1. The fraction of sp³-hybridized carbons (Fsp3) is 0.0714. The smallest absolute Gasteiger partial charge is 0.234 e. The van der Waals surface area contributed by atoms with Gasteiger partial charge in [0.05, 0.1) is 11.4 Å². The second-order valence-corrected chi connectivity index (χ2v) is 7.75. The molecule has 0 radical (unpaired) electrons. The third-order valence-electron chi connectivity index (χ3n) is 2.46. The first-order chi connectivity index (χ1) is 9.95. The van der Waals surface area contributed by atoms with Crippen molar-refractivity contribution < 1.29 is 9.90 Å². The molecule has 0 saturated heterocycles. The van der Waals surface area contributed by atoms with Gasteiger partial charge in [0.15, 0.2) is 0 Å². The number of carbonyl (C=O) groups is 1. The SMILES string of the molecule is O=C(CSc1cccc(O)c1)Nc1c(Br)cc(Br)cc1Br. The number of anilines is 1. The predicted octanol–water partition coefficient (Wildman–Crippen LogP) is 5.41. The van der Waals surface area contributed by atoms with Gasteiger partial charge in [-0.05, 0) is 62.2 Å². The summed E-state index contributed by atoms with van der Waals surface area (Å²) in [6.07, 6.45) is 0. The van der Waals surface area contributed by atoms with Crippen molar-refractivity contribution in [2.24, 2.45) is 0 Å². The lowest BCUT2D eigenvalue weighted by atomic mass is 10.3. The van der Waals surface area contributed by atoms with Crippen molar-refractivity contribution in [1.82, 2.24) is 0 Å². The van der Waals surface area contributed by atoms with E-state index in [0.29, 0.717) is 5.69 Å². The Morgan fingerprint density at radius 3 is 2.43 bits per heavy atom. The molecule has 0 atom stereocenters. The van der Waals surface area contributed by atoms with Gasteiger partial charge < -0.3 is 10.4 Å². The van der Waals surface area contributed by atoms with Crippen molar-refractivity contribution in [2.45, 2.75) is 4.90 Å². The zero-order chi connectivity index (χ0) is 15.4. The number of phenols is 1. The molecular weight excluding hydrogens is 486 g/mol. The number of rotatable bonds is 4. The zero-order valence-corrected chi connectivity index (χ0v) is 16.1. The average Bonchev–Trinajstić information content (AvgIpc) is 2.40. The molecule has 0 saturated carbocycles. The van der Waals surface area contributed by atoms with Gasteiger partial charge in [0, 0.05) is 18.3 Å². The molecule has 21 heavy (non-hydrogen) atoms. The minimum Gasteiger partial charge on any atom is -0.508 e. The third-order valence-corrected chi connectivity index (χ3v) is 5.16. The molecule has 0 aliphatic carbocycles. The minimum absolute atomic E-state index is 0.118. The summed E-state index contributed by atoms with van der Waals surface area (Å²) >= 11 is 11.6. The fourth-order valence-electron chi connectivity index (χ4n) is 1.56. The maximum Gasteiger partial charge on any atom is 0.234 e. The number of phenolic OH excluding ortho intramolecular Hbond substituents is 1. The molecule has 7 heteroatoms. The molecule has 0 aliphatic heterocycles. The van der Waals surface area contributed by atoms with Crippen LogP contribution in [0.1, 0.15) is 0 Å². The van der Waals surface area contributed by atoms with Gasteiger partial charge in [0.1, 0.15) is 5.75 Å². The van der Waals surface area contributed by atoms with Crippen LogP contribution < -0.4 is 5.32 Å². The summed E-state index contributed by atoms with van der Waals surface area (Å²) in [6.45, 7) is 0. The number of benzene rings is 2. The van der Waals surface area contributed by atoms with Gasteiger partial charge in [-0.1, -0.05) is 22.0 Å². The van der Waals surface area contributed by atoms with Gasteiger partial charge in [-0.2, -0.15) is 0 Å². The molecular formula is C14H10Br3NO2S. The van der Waals surface area contributed by atoms with E-state index in [9.17, 15) is 9.90 Å². The lowest BCUT2D eigenvalue weighted by Crippen LogP contribution is -2.14.